The molecule has 0 bridgehead atoms. The number of phenols is 1. The average molecular weight is 346 g/mol. The first-order valence-electron chi connectivity index (χ1n) is 7.92. The van der Waals surface area contributed by atoms with Gasteiger partial charge in [-0.1, -0.05) is 11.6 Å². The number of piperazine rings is 1. The van der Waals surface area contributed by atoms with Gasteiger partial charge < -0.3 is 15.3 Å². The van der Waals surface area contributed by atoms with Gasteiger partial charge in [-0.25, -0.2) is 0 Å². The molecule has 6 heteroatoms. The highest BCUT2D eigenvalue weighted by Gasteiger charge is 2.19. The number of halogens is 1. The van der Waals surface area contributed by atoms with E-state index in [4.69, 9.17) is 11.6 Å². The number of phenolic OH excluding ortho intramolecular Hbond substituents is 1. The maximum atomic E-state index is 12.1. The van der Waals surface area contributed by atoms with Crippen molar-refractivity contribution in [1.29, 1.82) is 0 Å². The molecule has 126 valence electrons. The molecule has 1 aliphatic heterocycles. The molecule has 2 aromatic rings. The Balaban J connectivity index is 1.47. The molecule has 0 radical (unpaired) electrons. The van der Waals surface area contributed by atoms with E-state index in [1.54, 1.807) is 36.4 Å². The molecule has 0 unspecified atom stereocenters. The van der Waals surface area contributed by atoms with Crippen LogP contribution < -0.4 is 10.2 Å². The van der Waals surface area contributed by atoms with Crippen LogP contribution in [0.15, 0.2) is 48.5 Å². The third kappa shape index (κ3) is 4.40. The molecule has 2 aromatic carbocycles. The second-order valence-electron chi connectivity index (χ2n) is 5.83. The summed E-state index contributed by atoms with van der Waals surface area (Å²) < 4.78 is 0. The van der Waals surface area contributed by atoms with E-state index < -0.39 is 0 Å². The molecular weight excluding hydrogens is 326 g/mol. The van der Waals surface area contributed by atoms with Crippen LogP contribution in [0.1, 0.15) is 0 Å². The first-order chi connectivity index (χ1) is 11.6. The van der Waals surface area contributed by atoms with Gasteiger partial charge in [0.15, 0.2) is 0 Å². The molecule has 24 heavy (non-hydrogen) atoms. The Labute approximate surface area is 146 Å². The summed E-state index contributed by atoms with van der Waals surface area (Å²) in [5.74, 6) is 0.256. The monoisotopic (exact) mass is 345 g/mol. The van der Waals surface area contributed by atoms with Crippen molar-refractivity contribution in [3.63, 3.8) is 0 Å². The summed E-state index contributed by atoms with van der Waals surface area (Å²) in [5.41, 5.74) is 1.85. The van der Waals surface area contributed by atoms with Crippen molar-refractivity contribution in [3.05, 3.63) is 53.6 Å². The SMILES string of the molecule is O=C(CN1CCN(c2ccc(O)cc2)CC1)Nc1ccc(Cl)cc1. The zero-order valence-corrected chi connectivity index (χ0v) is 14.0. The molecule has 1 amide bonds. The largest absolute Gasteiger partial charge is 0.508 e. The smallest absolute Gasteiger partial charge is 0.238 e. The summed E-state index contributed by atoms with van der Waals surface area (Å²) in [6.45, 7) is 3.76. The number of carbonyl (C=O) groups is 1. The van der Waals surface area contributed by atoms with Gasteiger partial charge in [0.25, 0.3) is 0 Å². The lowest BCUT2D eigenvalue weighted by molar-refractivity contribution is -0.117. The van der Waals surface area contributed by atoms with Crippen molar-refractivity contribution in [2.24, 2.45) is 0 Å². The van der Waals surface area contributed by atoms with E-state index in [9.17, 15) is 9.90 Å². The molecule has 5 nitrogen and oxygen atoms in total. The van der Waals surface area contributed by atoms with E-state index >= 15 is 0 Å². The van der Waals surface area contributed by atoms with Crippen LogP contribution in [0.5, 0.6) is 5.75 Å². The Bertz CT molecular complexity index is 680. The molecule has 0 aromatic heterocycles. The Morgan fingerprint density at radius 1 is 1.00 bits per heavy atom. The molecule has 0 spiro atoms. The molecule has 1 fully saturated rings. The van der Waals surface area contributed by atoms with Gasteiger partial charge in [-0.05, 0) is 48.5 Å². The fraction of sp³-hybridized carbons (Fsp3) is 0.278. The van der Waals surface area contributed by atoms with Gasteiger partial charge in [0, 0.05) is 42.6 Å². The zero-order valence-electron chi connectivity index (χ0n) is 13.3. The number of hydrogen-bond acceptors (Lipinski definition) is 4. The fourth-order valence-electron chi connectivity index (χ4n) is 2.76. The van der Waals surface area contributed by atoms with Crippen LogP contribution in [0.4, 0.5) is 11.4 Å². The van der Waals surface area contributed by atoms with E-state index in [1.807, 2.05) is 12.1 Å². The van der Waals surface area contributed by atoms with E-state index in [2.05, 4.69) is 15.1 Å². The van der Waals surface area contributed by atoms with Crippen molar-refractivity contribution >= 4 is 28.9 Å². The first-order valence-corrected chi connectivity index (χ1v) is 8.30. The molecule has 0 saturated carbocycles. The minimum atomic E-state index is -0.0181. The van der Waals surface area contributed by atoms with Gasteiger partial charge in [-0.2, -0.15) is 0 Å². The van der Waals surface area contributed by atoms with E-state index in [0.717, 1.165) is 37.6 Å². The summed E-state index contributed by atoms with van der Waals surface area (Å²) in [6, 6.07) is 14.3. The second kappa shape index (κ2) is 7.55. The van der Waals surface area contributed by atoms with Crippen LogP contribution >= 0.6 is 11.6 Å². The highest BCUT2D eigenvalue weighted by Crippen LogP contribution is 2.20. The van der Waals surface area contributed by atoms with Gasteiger partial charge in [0.1, 0.15) is 5.75 Å². The summed E-state index contributed by atoms with van der Waals surface area (Å²) in [5, 5.41) is 12.9. The van der Waals surface area contributed by atoms with Crippen molar-refractivity contribution in [1.82, 2.24) is 4.90 Å². The zero-order chi connectivity index (χ0) is 16.9. The highest BCUT2D eigenvalue weighted by atomic mass is 35.5. The second-order valence-corrected chi connectivity index (χ2v) is 6.27. The summed E-state index contributed by atoms with van der Waals surface area (Å²) in [7, 11) is 0. The van der Waals surface area contributed by atoms with Gasteiger partial charge in [0.2, 0.25) is 5.91 Å². The van der Waals surface area contributed by atoms with Crippen molar-refractivity contribution < 1.29 is 9.90 Å². The van der Waals surface area contributed by atoms with Crippen LogP contribution in [0.3, 0.4) is 0 Å². The highest BCUT2D eigenvalue weighted by molar-refractivity contribution is 6.30. The Morgan fingerprint density at radius 2 is 1.62 bits per heavy atom. The number of nitrogens with zero attached hydrogens (tertiary/aromatic N) is 2. The topological polar surface area (TPSA) is 55.8 Å². The van der Waals surface area contributed by atoms with Crippen molar-refractivity contribution in [3.8, 4) is 5.75 Å². The molecule has 0 aliphatic carbocycles. The van der Waals surface area contributed by atoms with E-state index in [0.29, 0.717) is 11.6 Å². The van der Waals surface area contributed by atoms with Gasteiger partial charge in [-0.3, -0.25) is 9.69 Å². The molecule has 3 rings (SSSR count). The quantitative estimate of drug-likeness (QED) is 0.894. The summed E-state index contributed by atoms with van der Waals surface area (Å²) in [6.07, 6.45) is 0. The molecule has 0 atom stereocenters. The number of anilines is 2. The number of nitrogens with one attached hydrogen (secondary N) is 1. The van der Waals surface area contributed by atoms with Crippen molar-refractivity contribution in [2.75, 3.05) is 42.9 Å². The van der Waals surface area contributed by atoms with Crippen molar-refractivity contribution in [2.45, 2.75) is 0 Å². The number of hydrogen-bond donors (Lipinski definition) is 2. The van der Waals surface area contributed by atoms with Crippen LogP contribution in [0, 0.1) is 0 Å². The minimum Gasteiger partial charge on any atom is -0.508 e. The first kappa shape index (κ1) is 16.6. The molecule has 1 saturated heterocycles. The molecular formula is C18H20ClN3O2. The predicted octanol–water partition coefficient (Wildman–Crippen LogP) is 2.81. The molecule has 1 heterocycles. The third-order valence-electron chi connectivity index (χ3n) is 4.08. The lowest BCUT2D eigenvalue weighted by Crippen LogP contribution is -2.48. The van der Waals surface area contributed by atoms with Crippen LogP contribution in [0.2, 0.25) is 5.02 Å². The normalized spacial score (nSPS) is 15.3. The fourth-order valence-corrected chi connectivity index (χ4v) is 2.89. The Morgan fingerprint density at radius 3 is 2.25 bits per heavy atom. The minimum absolute atomic E-state index is 0.0181. The van der Waals surface area contributed by atoms with E-state index in [-0.39, 0.29) is 11.7 Å². The molecule has 2 N–H and O–H groups in total. The van der Waals surface area contributed by atoms with Crippen LogP contribution in [0.25, 0.3) is 0 Å². The summed E-state index contributed by atoms with van der Waals surface area (Å²) >= 11 is 5.84. The number of carbonyl (C=O) groups excluding carboxylic acids is 1. The lowest BCUT2D eigenvalue weighted by atomic mass is 10.2. The van der Waals surface area contributed by atoms with Gasteiger partial charge in [-0.15, -0.1) is 0 Å². The number of aromatic hydroxyl groups is 1. The maximum Gasteiger partial charge on any atom is 0.238 e. The Kier molecular flexibility index (Phi) is 5.23. The average Bonchev–Trinajstić information content (AvgIpc) is 2.58. The maximum absolute atomic E-state index is 12.1. The van der Waals surface area contributed by atoms with Gasteiger partial charge >= 0.3 is 0 Å². The summed E-state index contributed by atoms with van der Waals surface area (Å²) in [4.78, 5) is 16.5. The number of amides is 1. The van der Waals surface area contributed by atoms with Gasteiger partial charge in [0.05, 0.1) is 6.54 Å². The number of benzene rings is 2. The number of rotatable bonds is 4. The third-order valence-corrected chi connectivity index (χ3v) is 4.33. The predicted molar refractivity (Wildman–Crippen MR) is 96.8 cm³/mol. The lowest BCUT2D eigenvalue weighted by Gasteiger charge is -2.35. The van der Waals surface area contributed by atoms with E-state index in [1.165, 1.54) is 0 Å². The standard InChI is InChI=1S/C18H20ClN3O2/c19-14-1-3-15(4-2-14)20-18(24)13-21-9-11-22(12-10-21)16-5-7-17(23)8-6-16/h1-8,23H,9-13H2,(H,20,24). The van der Waals surface area contributed by atoms with Crippen LogP contribution in [-0.4, -0.2) is 48.6 Å². The van der Waals surface area contributed by atoms with Crippen LogP contribution in [-0.2, 0) is 4.79 Å². The molecule has 1 aliphatic rings. The Hall–Kier alpha value is -2.24.